The van der Waals surface area contributed by atoms with Crippen LogP contribution in [-0.2, 0) is 4.74 Å². The van der Waals surface area contributed by atoms with Gasteiger partial charge in [-0.2, -0.15) is 0 Å². The van der Waals surface area contributed by atoms with Gasteiger partial charge in [0.25, 0.3) is 0 Å². The lowest BCUT2D eigenvalue weighted by Gasteiger charge is -2.08. The van der Waals surface area contributed by atoms with E-state index in [-0.39, 0.29) is 0 Å². The van der Waals surface area contributed by atoms with Gasteiger partial charge in [0, 0.05) is 5.92 Å². The fourth-order valence-electron chi connectivity index (χ4n) is 1.93. The Kier molecular flexibility index (Phi) is 2.73. The number of methoxy groups -OCH3 is 1. The second-order valence-electron chi connectivity index (χ2n) is 3.85. The molecular formula is C12H16O2. The summed E-state index contributed by atoms with van der Waals surface area (Å²) in [6, 6.07) is 8.28. The molecule has 1 aromatic carbocycles. The Balaban J connectivity index is 2.09. The van der Waals surface area contributed by atoms with Crippen molar-refractivity contribution in [2.75, 3.05) is 13.7 Å². The highest BCUT2D eigenvalue weighted by atomic mass is 16.5. The summed E-state index contributed by atoms with van der Waals surface area (Å²) in [5.74, 6) is 1.48. The van der Waals surface area contributed by atoms with Crippen LogP contribution in [0, 0.1) is 0 Å². The van der Waals surface area contributed by atoms with Gasteiger partial charge in [-0.05, 0) is 31.0 Å². The monoisotopic (exact) mass is 192 g/mol. The van der Waals surface area contributed by atoms with Gasteiger partial charge in [-0.3, -0.25) is 0 Å². The summed E-state index contributed by atoms with van der Waals surface area (Å²) >= 11 is 0. The first-order valence-corrected chi connectivity index (χ1v) is 5.05. The van der Waals surface area contributed by atoms with E-state index in [9.17, 15) is 0 Å². The molecule has 0 amide bonds. The van der Waals surface area contributed by atoms with E-state index in [1.54, 1.807) is 7.11 Å². The van der Waals surface area contributed by atoms with Crippen molar-refractivity contribution in [1.29, 1.82) is 0 Å². The van der Waals surface area contributed by atoms with Crippen molar-refractivity contribution in [2.24, 2.45) is 0 Å². The SMILES string of the molecule is COc1ccc([C@@H]2CO[C@@H](C)C2)cc1. The summed E-state index contributed by atoms with van der Waals surface area (Å²) in [4.78, 5) is 0. The topological polar surface area (TPSA) is 18.5 Å². The van der Waals surface area contributed by atoms with Crippen LogP contribution in [0.1, 0.15) is 24.8 Å². The van der Waals surface area contributed by atoms with Gasteiger partial charge in [-0.15, -0.1) is 0 Å². The number of benzene rings is 1. The van der Waals surface area contributed by atoms with Crippen molar-refractivity contribution in [3.63, 3.8) is 0 Å². The molecule has 2 heteroatoms. The Bertz CT molecular complexity index is 292. The van der Waals surface area contributed by atoms with Crippen LogP contribution in [0.15, 0.2) is 24.3 Å². The van der Waals surface area contributed by atoms with Crippen LogP contribution in [0.3, 0.4) is 0 Å². The Morgan fingerprint density at radius 1 is 1.29 bits per heavy atom. The van der Waals surface area contributed by atoms with Crippen LogP contribution in [0.5, 0.6) is 5.75 Å². The van der Waals surface area contributed by atoms with E-state index in [0.717, 1.165) is 18.8 Å². The smallest absolute Gasteiger partial charge is 0.118 e. The standard InChI is InChI=1S/C12H16O2/c1-9-7-11(8-14-9)10-3-5-12(13-2)6-4-10/h3-6,9,11H,7-8H2,1-2H3/t9-,11-/m0/s1. The number of rotatable bonds is 2. The molecule has 0 aliphatic carbocycles. The summed E-state index contributed by atoms with van der Waals surface area (Å²) in [7, 11) is 1.69. The van der Waals surface area contributed by atoms with Gasteiger partial charge in [0.1, 0.15) is 5.75 Å². The van der Waals surface area contributed by atoms with Crippen molar-refractivity contribution in [1.82, 2.24) is 0 Å². The highest BCUT2D eigenvalue weighted by molar-refractivity contribution is 5.29. The third-order valence-corrected chi connectivity index (χ3v) is 2.79. The molecule has 0 saturated carbocycles. The van der Waals surface area contributed by atoms with E-state index in [2.05, 4.69) is 19.1 Å². The molecule has 1 fully saturated rings. The zero-order valence-corrected chi connectivity index (χ0v) is 8.69. The third-order valence-electron chi connectivity index (χ3n) is 2.79. The number of hydrogen-bond donors (Lipinski definition) is 0. The molecular weight excluding hydrogens is 176 g/mol. The van der Waals surface area contributed by atoms with Gasteiger partial charge < -0.3 is 9.47 Å². The normalized spacial score (nSPS) is 26.4. The average molecular weight is 192 g/mol. The number of ether oxygens (including phenoxy) is 2. The van der Waals surface area contributed by atoms with E-state index in [4.69, 9.17) is 9.47 Å². The van der Waals surface area contributed by atoms with Crippen molar-refractivity contribution < 1.29 is 9.47 Å². The van der Waals surface area contributed by atoms with E-state index >= 15 is 0 Å². The molecule has 0 unspecified atom stereocenters. The second kappa shape index (κ2) is 4.01. The third kappa shape index (κ3) is 1.90. The summed E-state index contributed by atoms with van der Waals surface area (Å²) in [6.45, 7) is 2.98. The summed E-state index contributed by atoms with van der Waals surface area (Å²) in [5, 5.41) is 0. The molecule has 14 heavy (non-hydrogen) atoms. The minimum atomic E-state index is 0.405. The van der Waals surface area contributed by atoms with E-state index in [1.165, 1.54) is 5.56 Å². The molecule has 1 heterocycles. The lowest BCUT2D eigenvalue weighted by Crippen LogP contribution is -1.97. The van der Waals surface area contributed by atoms with Crippen LogP contribution in [-0.4, -0.2) is 19.8 Å². The van der Waals surface area contributed by atoms with Crippen molar-refractivity contribution in [2.45, 2.75) is 25.4 Å². The summed E-state index contributed by atoms with van der Waals surface area (Å²) in [5.41, 5.74) is 1.36. The van der Waals surface area contributed by atoms with Gasteiger partial charge in [-0.1, -0.05) is 12.1 Å². The fraction of sp³-hybridized carbons (Fsp3) is 0.500. The minimum Gasteiger partial charge on any atom is -0.497 e. The van der Waals surface area contributed by atoms with Gasteiger partial charge >= 0.3 is 0 Å². The molecule has 2 nitrogen and oxygen atoms in total. The molecule has 1 aromatic rings. The second-order valence-corrected chi connectivity index (χ2v) is 3.85. The van der Waals surface area contributed by atoms with Crippen molar-refractivity contribution in [3.8, 4) is 5.75 Å². The summed E-state index contributed by atoms with van der Waals surface area (Å²) in [6.07, 6.45) is 1.54. The molecule has 0 aromatic heterocycles. The number of hydrogen-bond acceptors (Lipinski definition) is 2. The highest BCUT2D eigenvalue weighted by Crippen LogP contribution is 2.29. The quantitative estimate of drug-likeness (QED) is 0.717. The predicted octanol–water partition coefficient (Wildman–Crippen LogP) is 2.59. The van der Waals surface area contributed by atoms with Crippen LogP contribution in [0.2, 0.25) is 0 Å². The van der Waals surface area contributed by atoms with Crippen LogP contribution in [0.25, 0.3) is 0 Å². The average Bonchev–Trinajstić information content (AvgIpc) is 2.65. The maximum absolute atomic E-state index is 5.55. The van der Waals surface area contributed by atoms with Gasteiger partial charge in [-0.25, -0.2) is 0 Å². The Labute approximate surface area is 84.8 Å². The van der Waals surface area contributed by atoms with Crippen LogP contribution >= 0.6 is 0 Å². The molecule has 0 radical (unpaired) electrons. The van der Waals surface area contributed by atoms with Gasteiger partial charge in [0.05, 0.1) is 19.8 Å². The first-order valence-electron chi connectivity index (χ1n) is 5.05. The zero-order chi connectivity index (χ0) is 9.97. The van der Waals surface area contributed by atoms with E-state index < -0.39 is 0 Å². The largest absolute Gasteiger partial charge is 0.497 e. The molecule has 0 spiro atoms. The lowest BCUT2D eigenvalue weighted by molar-refractivity contribution is 0.123. The Hall–Kier alpha value is -1.02. The molecule has 0 bridgehead atoms. The summed E-state index contributed by atoms with van der Waals surface area (Å²) < 4.78 is 10.7. The maximum atomic E-state index is 5.55. The first kappa shape index (κ1) is 9.53. The maximum Gasteiger partial charge on any atom is 0.118 e. The predicted molar refractivity (Wildman–Crippen MR) is 55.8 cm³/mol. The molecule has 76 valence electrons. The Morgan fingerprint density at radius 3 is 2.50 bits per heavy atom. The highest BCUT2D eigenvalue weighted by Gasteiger charge is 2.23. The molecule has 2 rings (SSSR count). The molecule has 2 atom stereocenters. The van der Waals surface area contributed by atoms with Gasteiger partial charge in [0.15, 0.2) is 0 Å². The van der Waals surface area contributed by atoms with Gasteiger partial charge in [0.2, 0.25) is 0 Å². The lowest BCUT2D eigenvalue weighted by atomic mass is 9.97. The van der Waals surface area contributed by atoms with Crippen LogP contribution in [0.4, 0.5) is 0 Å². The Morgan fingerprint density at radius 2 is 2.00 bits per heavy atom. The van der Waals surface area contributed by atoms with Crippen LogP contribution < -0.4 is 4.74 Å². The fourth-order valence-corrected chi connectivity index (χ4v) is 1.93. The van der Waals surface area contributed by atoms with E-state index in [1.807, 2.05) is 12.1 Å². The molecule has 1 aliphatic rings. The van der Waals surface area contributed by atoms with Crippen molar-refractivity contribution >= 4 is 0 Å². The zero-order valence-electron chi connectivity index (χ0n) is 8.69. The van der Waals surface area contributed by atoms with Crippen molar-refractivity contribution in [3.05, 3.63) is 29.8 Å². The molecule has 0 N–H and O–H groups in total. The van der Waals surface area contributed by atoms with E-state index in [0.29, 0.717) is 12.0 Å². The first-order chi connectivity index (χ1) is 6.79. The molecule has 1 aliphatic heterocycles. The molecule has 1 saturated heterocycles. The minimum absolute atomic E-state index is 0.405.